The first-order valence-corrected chi connectivity index (χ1v) is 5.21. The molecule has 2 nitrogen and oxygen atoms in total. The molecule has 0 aromatic carbocycles. The second-order valence-corrected chi connectivity index (χ2v) is 3.84. The molecule has 2 heteroatoms. The fraction of sp³-hybridized carbons (Fsp3) is 0.231. The van der Waals surface area contributed by atoms with Crippen LogP contribution < -0.4 is 4.57 Å². The number of hydrogen-bond donors (Lipinski definition) is 0. The van der Waals surface area contributed by atoms with Crippen LogP contribution in [0.4, 0.5) is 0 Å². The van der Waals surface area contributed by atoms with E-state index in [1.165, 1.54) is 5.69 Å². The number of pyridine rings is 2. The monoisotopic (exact) mass is 199 g/mol. The third kappa shape index (κ3) is 2.04. The highest BCUT2D eigenvalue weighted by Gasteiger charge is 2.13. The summed E-state index contributed by atoms with van der Waals surface area (Å²) >= 11 is 0. The highest BCUT2D eigenvalue weighted by atomic mass is 15.0. The molecule has 0 aliphatic heterocycles. The van der Waals surface area contributed by atoms with E-state index in [4.69, 9.17) is 0 Å². The third-order valence-electron chi connectivity index (χ3n) is 2.38. The Balaban J connectivity index is 2.53. The Morgan fingerprint density at radius 1 is 1.07 bits per heavy atom. The molecular formula is C13H15N2+. The van der Waals surface area contributed by atoms with Gasteiger partial charge in [-0.3, -0.25) is 0 Å². The Labute approximate surface area is 90.2 Å². The minimum atomic E-state index is 0.494. The van der Waals surface area contributed by atoms with Crippen molar-refractivity contribution in [2.45, 2.75) is 19.8 Å². The van der Waals surface area contributed by atoms with Gasteiger partial charge >= 0.3 is 5.82 Å². The second kappa shape index (κ2) is 4.22. The summed E-state index contributed by atoms with van der Waals surface area (Å²) in [6.07, 6.45) is 3.87. The molecule has 15 heavy (non-hydrogen) atoms. The molecule has 0 unspecified atom stereocenters. The first kappa shape index (κ1) is 9.84. The van der Waals surface area contributed by atoms with Gasteiger partial charge in [0.1, 0.15) is 11.9 Å². The molecule has 0 fully saturated rings. The molecule has 0 saturated heterocycles. The van der Waals surface area contributed by atoms with E-state index >= 15 is 0 Å². The lowest BCUT2D eigenvalue weighted by Gasteiger charge is -2.07. The summed E-state index contributed by atoms with van der Waals surface area (Å²) in [6, 6.07) is 12.2. The highest BCUT2D eigenvalue weighted by Crippen LogP contribution is 2.09. The molecular weight excluding hydrogens is 184 g/mol. The predicted molar refractivity (Wildman–Crippen MR) is 59.9 cm³/mol. The van der Waals surface area contributed by atoms with E-state index in [1.54, 1.807) is 0 Å². The van der Waals surface area contributed by atoms with Crippen LogP contribution >= 0.6 is 0 Å². The summed E-state index contributed by atoms with van der Waals surface area (Å²) in [5, 5.41) is 0. The quantitative estimate of drug-likeness (QED) is 0.679. The fourth-order valence-corrected chi connectivity index (χ4v) is 1.63. The van der Waals surface area contributed by atoms with Crippen molar-refractivity contribution in [1.29, 1.82) is 0 Å². The molecule has 0 atom stereocenters. The summed E-state index contributed by atoms with van der Waals surface area (Å²) in [5.41, 5.74) is 1.27. The first-order chi connectivity index (χ1) is 7.29. The van der Waals surface area contributed by atoms with Crippen LogP contribution in [0, 0.1) is 0 Å². The van der Waals surface area contributed by atoms with Crippen LogP contribution in [0.25, 0.3) is 5.82 Å². The topological polar surface area (TPSA) is 16.8 Å². The molecule has 0 saturated carbocycles. The maximum atomic E-state index is 4.36. The van der Waals surface area contributed by atoms with Crippen LogP contribution in [0.3, 0.4) is 0 Å². The molecule has 0 aliphatic rings. The largest absolute Gasteiger partial charge is 0.327 e. The average Bonchev–Trinajstić information content (AvgIpc) is 2.30. The van der Waals surface area contributed by atoms with Gasteiger partial charge in [-0.15, -0.1) is 0 Å². The van der Waals surface area contributed by atoms with Crippen molar-refractivity contribution < 1.29 is 4.57 Å². The van der Waals surface area contributed by atoms with Crippen molar-refractivity contribution in [3.8, 4) is 5.82 Å². The molecule has 76 valence electrons. The van der Waals surface area contributed by atoms with Crippen molar-refractivity contribution in [2.75, 3.05) is 0 Å². The van der Waals surface area contributed by atoms with E-state index in [-0.39, 0.29) is 0 Å². The van der Waals surface area contributed by atoms with Crippen LogP contribution in [0.2, 0.25) is 0 Å². The maximum Gasteiger partial charge on any atom is 0.327 e. The van der Waals surface area contributed by atoms with Crippen molar-refractivity contribution >= 4 is 0 Å². The Bertz CT molecular complexity index is 435. The predicted octanol–water partition coefficient (Wildman–Crippen LogP) is 2.48. The fourth-order valence-electron chi connectivity index (χ4n) is 1.63. The lowest BCUT2D eigenvalue weighted by atomic mass is 10.1. The average molecular weight is 199 g/mol. The zero-order valence-electron chi connectivity index (χ0n) is 9.09. The van der Waals surface area contributed by atoms with Crippen molar-refractivity contribution in [1.82, 2.24) is 4.98 Å². The molecule has 0 N–H and O–H groups in total. The van der Waals surface area contributed by atoms with Gasteiger partial charge in [-0.2, -0.15) is 0 Å². The zero-order chi connectivity index (χ0) is 10.7. The van der Waals surface area contributed by atoms with Crippen LogP contribution in [-0.2, 0) is 0 Å². The van der Waals surface area contributed by atoms with Gasteiger partial charge in [0, 0.05) is 12.0 Å². The number of nitrogens with zero attached hydrogens (tertiary/aromatic N) is 2. The van der Waals surface area contributed by atoms with Gasteiger partial charge in [0.2, 0.25) is 0 Å². The zero-order valence-corrected chi connectivity index (χ0v) is 9.09. The maximum absolute atomic E-state index is 4.36. The lowest BCUT2D eigenvalue weighted by Crippen LogP contribution is -2.36. The van der Waals surface area contributed by atoms with Crippen LogP contribution in [-0.4, -0.2) is 4.98 Å². The number of rotatable bonds is 2. The van der Waals surface area contributed by atoms with Gasteiger partial charge in [0.05, 0.1) is 6.20 Å². The number of aromatic nitrogens is 2. The van der Waals surface area contributed by atoms with Crippen molar-refractivity contribution in [2.24, 2.45) is 0 Å². The van der Waals surface area contributed by atoms with Gasteiger partial charge < -0.3 is 0 Å². The Kier molecular flexibility index (Phi) is 2.77. The van der Waals surface area contributed by atoms with Gasteiger partial charge in [0.15, 0.2) is 0 Å². The summed E-state index contributed by atoms with van der Waals surface area (Å²) in [7, 11) is 0. The van der Waals surface area contributed by atoms with Gasteiger partial charge in [-0.05, 0) is 23.2 Å². The van der Waals surface area contributed by atoms with Crippen LogP contribution in [0.1, 0.15) is 25.5 Å². The summed E-state index contributed by atoms with van der Waals surface area (Å²) < 4.78 is 2.13. The second-order valence-electron chi connectivity index (χ2n) is 3.84. The molecule has 0 amide bonds. The molecule has 2 aromatic rings. The minimum absolute atomic E-state index is 0.494. The van der Waals surface area contributed by atoms with Crippen molar-refractivity contribution in [3.63, 3.8) is 0 Å². The normalized spacial score (nSPS) is 10.6. The van der Waals surface area contributed by atoms with Gasteiger partial charge in [-0.1, -0.05) is 26.0 Å². The molecule has 2 aromatic heterocycles. The third-order valence-corrected chi connectivity index (χ3v) is 2.38. The Morgan fingerprint density at radius 3 is 2.53 bits per heavy atom. The van der Waals surface area contributed by atoms with Crippen LogP contribution in [0.5, 0.6) is 0 Å². The highest BCUT2D eigenvalue weighted by molar-refractivity contribution is 5.13. The van der Waals surface area contributed by atoms with Crippen molar-refractivity contribution in [3.05, 3.63) is 54.5 Å². The summed E-state index contributed by atoms with van der Waals surface area (Å²) in [6.45, 7) is 4.38. The van der Waals surface area contributed by atoms with E-state index in [0.29, 0.717) is 5.92 Å². The Morgan fingerprint density at radius 2 is 1.87 bits per heavy atom. The number of hydrogen-bond acceptors (Lipinski definition) is 1. The van der Waals surface area contributed by atoms with E-state index < -0.39 is 0 Å². The van der Waals surface area contributed by atoms with E-state index in [9.17, 15) is 0 Å². The van der Waals surface area contributed by atoms with Crippen LogP contribution in [0.15, 0.2) is 48.8 Å². The summed E-state index contributed by atoms with van der Waals surface area (Å²) in [5.74, 6) is 1.47. The molecule has 0 radical (unpaired) electrons. The smallest absolute Gasteiger partial charge is 0.200 e. The standard InChI is InChI=1S/C13H15N2/c1-11(2)12-7-4-6-10-15(12)13-8-3-5-9-14-13/h3-11H,1-2H3/q+1. The first-order valence-electron chi connectivity index (χ1n) is 5.21. The van der Waals surface area contributed by atoms with Gasteiger partial charge in [-0.25, -0.2) is 4.57 Å². The lowest BCUT2D eigenvalue weighted by molar-refractivity contribution is -0.609. The summed E-state index contributed by atoms with van der Waals surface area (Å²) in [4.78, 5) is 4.36. The molecule has 0 spiro atoms. The molecule has 0 bridgehead atoms. The molecule has 2 heterocycles. The molecule has 0 aliphatic carbocycles. The van der Waals surface area contributed by atoms with E-state index in [0.717, 1.165) is 5.82 Å². The van der Waals surface area contributed by atoms with E-state index in [2.05, 4.69) is 41.7 Å². The minimum Gasteiger partial charge on any atom is -0.200 e. The Hall–Kier alpha value is -1.70. The molecule has 2 rings (SSSR count). The SMILES string of the molecule is CC(C)c1cccc[n+]1-c1ccccn1. The van der Waals surface area contributed by atoms with E-state index in [1.807, 2.05) is 30.5 Å². The van der Waals surface area contributed by atoms with Gasteiger partial charge in [0.25, 0.3) is 0 Å².